The van der Waals surface area contributed by atoms with Crippen LogP contribution in [0.4, 0.5) is 5.00 Å². The Balaban J connectivity index is 1.76. The fraction of sp³-hybridized carbons (Fsp3) is 0.682. The van der Waals surface area contributed by atoms with Crippen LogP contribution in [-0.2, 0) is 22.4 Å². The number of aliphatic carboxylic acids is 1. The van der Waals surface area contributed by atoms with E-state index in [2.05, 4.69) is 17.6 Å². The molecule has 0 saturated heterocycles. The van der Waals surface area contributed by atoms with Gasteiger partial charge in [-0.25, -0.2) is 0 Å². The van der Waals surface area contributed by atoms with Gasteiger partial charge in [-0.1, -0.05) is 32.6 Å². The predicted molar refractivity (Wildman–Crippen MR) is 115 cm³/mol. The molecule has 3 N–H and O–H groups in total. The van der Waals surface area contributed by atoms with Crippen molar-refractivity contribution in [3.63, 3.8) is 0 Å². The van der Waals surface area contributed by atoms with Gasteiger partial charge in [0.15, 0.2) is 0 Å². The summed E-state index contributed by atoms with van der Waals surface area (Å²) in [6, 6.07) is 0.220. The number of hydrogen-bond donors (Lipinski definition) is 3. The van der Waals surface area contributed by atoms with Crippen molar-refractivity contribution < 1.29 is 19.5 Å². The molecule has 1 unspecified atom stereocenters. The fourth-order valence-electron chi connectivity index (χ4n) is 4.42. The van der Waals surface area contributed by atoms with Crippen LogP contribution >= 0.6 is 11.3 Å². The van der Waals surface area contributed by atoms with Crippen LogP contribution in [0.3, 0.4) is 0 Å². The normalized spacial score (nSPS) is 19.4. The number of hydrogen-bond acceptors (Lipinski definition) is 4. The van der Waals surface area contributed by atoms with Gasteiger partial charge in [0, 0.05) is 23.8 Å². The lowest BCUT2D eigenvalue weighted by Crippen LogP contribution is -2.37. The number of rotatable bonds is 8. The first-order valence-corrected chi connectivity index (χ1v) is 11.8. The van der Waals surface area contributed by atoms with Crippen molar-refractivity contribution in [1.82, 2.24) is 5.32 Å². The van der Waals surface area contributed by atoms with Crippen molar-refractivity contribution in [1.29, 1.82) is 0 Å². The molecule has 1 atom stereocenters. The molecule has 2 aliphatic rings. The molecule has 0 aliphatic heterocycles. The lowest BCUT2D eigenvalue weighted by molar-refractivity contribution is -0.137. The number of thiophene rings is 1. The number of anilines is 1. The van der Waals surface area contributed by atoms with Gasteiger partial charge < -0.3 is 15.7 Å². The molecule has 1 saturated carbocycles. The largest absolute Gasteiger partial charge is 0.481 e. The van der Waals surface area contributed by atoms with Gasteiger partial charge in [-0.15, -0.1) is 11.3 Å². The summed E-state index contributed by atoms with van der Waals surface area (Å²) in [7, 11) is 0. The molecular weight excluding hydrogens is 388 g/mol. The SMILES string of the molecule is CCC1CCc2c(sc(NC(=O)CCCC(=O)O)c2C(=O)NC2CCCCC2)C1. The van der Waals surface area contributed by atoms with Gasteiger partial charge in [-0.2, -0.15) is 0 Å². The van der Waals surface area contributed by atoms with Crippen LogP contribution in [0.5, 0.6) is 0 Å². The third-order valence-corrected chi connectivity index (χ3v) is 7.33. The van der Waals surface area contributed by atoms with E-state index in [-0.39, 0.29) is 30.7 Å². The highest BCUT2D eigenvalue weighted by molar-refractivity contribution is 7.17. The minimum Gasteiger partial charge on any atom is -0.481 e. The van der Waals surface area contributed by atoms with Crippen molar-refractivity contribution in [3.8, 4) is 0 Å². The Morgan fingerprint density at radius 3 is 2.55 bits per heavy atom. The second kappa shape index (κ2) is 10.2. The van der Waals surface area contributed by atoms with Crippen molar-refractivity contribution in [3.05, 3.63) is 16.0 Å². The molecule has 6 nitrogen and oxygen atoms in total. The van der Waals surface area contributed by atoms with Gasteiger partial charge in [0.1, 0.15) is 5.00 Å². The topological polar surface area (TPSA) is 95.5 Å². The Morgan fingerprint density at radius 1 is 1.10 bits per heavy atom. The van der Waals surface area contributed by atoms with E-state index in [4.69, 9.17) is 5.11 Å². The highest BCUT2D eigenvalue weighted by Gasteiger charge is 2.30. The van der Waals surface area contributed by atoms with Crippen LogP contribution < -0.4 is 10.6 Å². The number of nitrogens with one attached hydrogen (secondary N) is 2. The zero-order chi connectivity index (χ0) is 20.8. The Hall–Kier alpha value is -1.89. The standard InChI is InChI=1S/C22H32N2O4S/c1-2-14-11-12-16-17(13-14)29-22(24-18(25)9-6-10-19(26)27)20(16)21(28)23-15-7-4-3-5-8-15/h14-15H,2-13H2,1H3,(H,23,28)(H,24,25)(H,26,27). The minimum atomic E-state index is -0.900. The third-order valence-electron chi connectivity index (χ3n) is 6.16. The molecule has 1 aromatic rings. The number of carbonyl (C=O) groups excluding carboxylic acids is 2. The van der Waals surface area contributed by atoms with Gasteiger partial charge >= 0.3 is 5.97 Å². The zero-order valence-electron chi connectivity index (χ0n) is 17.2. The summed E-state index contributed by atoms with van der Waals surface area (Å²) in [5.74, 6) is -0.550. The maximum absolute atomic E-state index is 13.2. The van der Waals surface area contributed by atoms with E-state index in [0.29, 0.717) is 22.9 Å². The van der Waals surface area contributed by atoms with E-state index >= 15 is 0 Å². The van der Waals surface area contributed by atoms with E-state index in [1.807, 2.05) is 0 Å². The van der Waals surface area contributed by atoms with E-state index in [1.54, 1.807) is 0 Å². The van der Waals surface area contributed by atoms with E-state index < -0.39 is 5.97 Å². The number of carboxylic acids is 1. The maximum Gasteiger partial charge on any atom is 0.303 e. The van der Waals surface area contributed by atoms with Crippen LogP contribution in [0.2, 0.25) is 0 Å². The molecule has 0 aromatic carbocycles. The number of fused-ring (bicyclic) bond motifs is 1. The summed E-state index contributed by atoms with van der Waals surface area (Å²) in [6.45, 7) is 2.20. The highest BCUT2D eigenvalue weighted by Crippen LogP contribution is 2.40. The minimum absolute atomic E-state index is 0.0262. The summed E-state index contributed by atoms with van der Waals surface area (Å²) in [4.78, 5) is 37.4. The molecular formula is C22H32N2O4S. The molecule has 7 heteroatoms. The van der Waals surface area contributed by atoms with Gasteiger partial charge in [0.25, 0.3) is 5.91 Å². The van der Waals surface area contributed by atoms with Gasteiger partial charge in [-0.05, 0) is 50.0 Å². The molecule has 2 aliphatic carbocycles. The van der Waals surface area contributed by atoms with Crippen molar-refractivity contribution >= 4 is 34.1 Å². The first-order chi connectivity index (χ1) is 14.0. The summed E-state index contributed by atoms with van der Waals surface area (Å²) in [5, 5.41) is 15.5. The average molecular weight is 421 g/mol. The molecule has 3 rings (SSSR count). The Kier molecular flexibility index (Phi) is 7.70. The Morgan fingerprint density at radius 2 is 1.86 bits per heavy atom. The fourth-order valence-corrected chi connectivity index (χ4v) is 5.80. The van der Waals surface area contributed by atoms with E-state index in [1.165, 1.54) is 22.6 Å². The second-order valence-electron chi connectivity index (χ2n) is 8.33. The number of amides is 2. The summed E-state index contributed by atoms with van der Waals surface area (Å²) in [5.41, 5.74) is 1.76. The van der Waals surface area contributed by atoms with Crippen LogP contribution in [0.1, 0.15) is 91.9 Å². The lowest BCUT2D eigenvalue weighted by Gasteiger charge is -2.24. The molecule has 0 radical (unpaired) electrons. The van der Waals surface area contributed by atoms with Crippen molar-refractivity contribution in [2.24, 2.45) is 5.92 Å². The molecule has 1 heterocycles. The molecule has 1 aromatic heterocycles. The summed E-state index contributed by atoms with van der Waals surface area (Å²) >= 11 is 1.53. The summed E-state index contributed by atoms with van der Waals surface area (Å²) in [6.07, 6.45) is 10.0. The monoisotopic (exact) mass is 420 g/mol. The first-order valence-electron chi connectivity index (χ1n) is 10.9. The predicted octanol–water partition coefficient (Wildman–Crippen LogP) is 4.52. The van der Waals surface area contributed by atoms with Crippen molar-refractivity contribution in [2.45, 2.75) is 90.0 Å². The van der Waals surface area contributed by atoms with Crippen LogP contribution in [0, 0.1) is 5.92 Å². The molecule has 1 fully saturated rings. The Labute approximate surface area is 176 Å². The van der Waals surface area contributed by atoms with Crippen LogP contribution in [0.25, 0.3) is 0 Å². The molecule has 29 heavy (non-hydrogen) atoms. The number of carboxylic acid groups (broad SMARTS) is 1. The van der Waals surface area contributed by atoms with Gasteiger partial charge in [0.2, 0.25) is 5.91 Å². The number of carbonyl (C=O) groups is 3. The smallest absolute Gasteiger partial charge is 0.303 e. The lowest BCUT2D eigenvalue weighted by atomic mass is 9.85. The first kappa shape index (κ1) is 21.8. The molecule has 0 spiro atoms. The van der Waals surface area contributed by atoms with E-state index in [9.17, 15) is 14.4 Å². The average Bonchev–Trinajstić information content (AvgIpc) is 3.05. The van der Waals surface area contributed by atoms with Crippen LogP contribution in [-0.4, -0.2) is 28.9 Å². The zero-order valence-corrected chi connectivity index (χ0v) is 18.0. The molecule has 160 valence electrons. The molecule has 2 amide bonds. The van der Waals surface area contributed by atoms with Gasteiger partial charge in [0.05, 0.1) is 5.56 Å². The maximum atomic E-state index is 13.2. The summed E-state index contributed by atoms with van der Waals surface area (Å²) < 4.78 is 0. The van der Waals surface area contributed by atoms with Crippen molar-refractivity contribution in [2.75, 3.05) is 5.32 Å². The molecule has 0 bridgehead atoms. The second-order valence-corrected chi connectivity index (χ2v) is 9.43. The Bertz CT molecular complexity index is 752. The van der Waals surface area contributed by atoms with Gasteiger partial charge in [-0.3, -0.25) is 14.4 Å². The highest BCUT2D eigenvalue weighted by atomic mass is 32.1. The van der Waals surface area contributed by atoms with E-state index in [0.717, 1.165) is 56.9 Å². The quantitative estimate of drug-likeness (QED) is 0.576. The third kappa shape index (κ3) is 5.81. The van der Waals surface area contributed by atoms with Crippen LogP contribution in [0.15, 0.2) is 0 Å².